The number of anilines is 1. The van der Waals surface area contributed by atoms with E-state index in [2.05, 4.69) is 30.5 Å². The fourth-order valence-electron chi connectivity index (χ4n) is 3.61. The lowest BCUT2D eigenvalue weighted by molar-refractivity contribution is 0.534. The van der Waals surface area contributed by atoms with Gasteiger partial charge in [-0.2, -0.15) is 0 Å². The van der Waals surface area contributed by atoms with E-state index >= 15 is 0 Å². The van der Waals surface area contributed by atoms with Crippen molar-refractivity contribution in [3.63, 3.8) is 0 Å². The minimum absolute atomic E-state index is 0.208. The zero-order valence-electron chi connectivity index (χ0n) is 18.7. The zero-order valence-corrected chi connectivity index (χ0v) is 19.5. The van der Waals surface area contributed by atoms with Gasteiger partial charge in [0.05, 0.1) is 11.6 Å². The van der Waals surface area contributed by atoms with Crippen LogP contribution >= 0.6 is 0 Å². The zero-order chi connectivity index (χ0) is 24.0. The second kappa shape index (κ2) is 8.04. The van der Waals surface area contributed by atoms with Crippen molar-refractivity contribution in [1.82, 2.24) is 4.98 Å². The number of pyridine rings is 1. The number of hydrogen-bond acceptors (Lipinski definition) is 5. The van der Waals surface area contributed by atoms with Gasteiger partial charge in [-0.15, -0.1) is 0 Å². The number of benzene rings is 2. The number of H-pyrrole nitrogens is 1. The summed E-state index contributed by atoms with van der Waals surface area (Å²) in [6, 6.07) is 15.7. The molecule has 0 spiro atoms. The number of rotatable bonds is 4. The van der Waals surface area contributed by atoms with Gasteiger partial charge in [0.2, 0.25) is 10.0 Å². The van der Waals surface area contributed by atoms with Gasteiger partial charge in [0, 0.05) is 23.0 Å². The summed E-state index contributed by atoms with van der Waals surface area (Å²) in [6.07, 6.45) is 2.62. The summed E-state index contributed by atoms with van der Waals surface area (Å²) in [4.78, 5) is 27.9. The fraction of sp³-hybridized carbons (Fsp3) is 0.200. The molecule has 2 aromatic heterocycles. The van der Waals surface area contributed by atoms with Gasteiger partial charge in [-0.1, -0.05) is 32.9 Å². The van der Waals surface area contributed by atoms with E-state index in [9.17, 15) is 18.0 Å². The van der Waals surface area contributed by atoms with Gasteiger partial charge in [-0.05, 0) is 64.4 Å². The lowest BCUT2D eigenvalue weighted by atomic mass is 9.84. The number of aromatic nitrogens is 1. The molecule has 2 N–H and O–H groups in total. The monoisotopic (exact) mass is 464 g/mol. The summed E-state index contributed by atoms with van der Waals surface area (Å²) in [5, 5.41) is 0.875. The fourth-order valence-corrected chi connectivity index (χ4v) is 4.17. The Morgan fingerprint density at radius 3 is 2.33 bits per heavy atom. The van der Waals surface area contributed by atoms with Crippen LogP contribution in [0.4, 0.5) is 5.69 Å². The van der Waals surface area contributed by atoms with E-state index in [4.69, 9.17) is 4.42 Å². The quantitative estimate of drug-likeness (QED) is 0.463. The molecule has 7 nitrogen and oxygen atoms in total. The van der Waals surface area contributed by atoms with Crippen LogP contribution in [0.25, 0.3) is 33.2 Å². The molecule has 0 amide bonds. The van der Waals surface area contributed by atoms with Crippen molar-refractivity contribution in [3.05, 3.63) is 87.1 Å². The lowest BCUT2D eigenvalue weighted by Crippen LogP contribution is -2.13. The Kier molecular flexibility index (Phi) is 5.49. The first kappa shape index (κ1) is 22.5. The molecule has 0 fully saturated rings. The van der Waals surface area contributed by atoms with Crippen LogP contribution in [0, 0.1) is 0 Å². The van der Waals surface area contributed by atoms with E-state index in [1.807, 2.05) is 18.2 Å². The Labute approximate surface area is 191 Å². The molecule has 0 bridgehead atoms. The molecule has 33 heavy (non-hydrogen) atoms. The van der Waals surface area contributed by atoms with Crippen LogP contribution in [0.2, 0.25) is 0 Å². The molecule has 4 rings (SSSR count). The van der Waals surface area contributed by atoms with Gasteiger partial charge >= 0.3 is 5.63 Å². The molecular formula is C25H24N2O5S. The Morgan fingerprint density at radius 2 is 1.67 bits per heavy atom. The normalized spacial score (nSPS) is 12.1. The topological polar surface area (TPSA) is 109 Å². The molecule has 0 atom stereocenters. The van der Waals surface area contributed by atoms with E-state index in [0.717, 1.165) is 17.4 Å². The SMILES string of the molecule is CC(C)(C)c1cc(-c2cc3ccc(NS(C)(=O)=O)cc3c(=O)o2)cc(-c2ccc[nH]c2=O)c1. The highest BCUT2D eigenvalue weighted by Crippen LogP contribution is 2.33. The van der Waals surface area contributed by atoms with Crippen LogP contribution in [-0.2, 0) is 15.4 Å². The largest absolute Gasteiger partial charge is 0.422 e. The van der Waals surface area contributed by atoms with Crippen LogP contribution in [-0.4, -0.2) is 19.7 Å². The van der Waals surface area contributed by atoms with Crippen LogP contribution in [0.5, 0.6) is 0 Å². The van der Waals surface area contributed by atoms with E-state index in [0.29, 0.717) is 22.3 Å². The summed E-state index contributed by atoms with van der Waals surface area (Å²) in [6.45, 7) is 6.20. The summed E-state index contributed by atoms with van der Waals surface area (Å²) >= 11 is 0. The average molecular weight is 465 g/mol. The molecule has 0 aliphatic carbocycles. The van der Waals surface area contributed by atoms with Crippen molar-refractivity contribution in [2.24, 2.45) is 0 Å². The second-order valence-electron chi connectivity index (χ2n) is 9.04. The summed E-state index contributed by atoms with van der Waals surface area (Å²) in [5.74, 6) is 0.357. The van der Waals surface area contributed by atoms with Gasteiger partial charge in [0.25, 0.3) is 5.56 Å². The average Bonchev–Trinajstić information content (AvgIpc) is 2.72. The van der Waals surface area contributed by atoms with Crippen molar-refractivity contribution >= 4 is 26.5 Å². The molecule has 0 saturated heterocycles. The third-order valence-corrected chi connectivity index (χ3v) is 5.88. The van der Waals surface area contributed by atoms with E-state index in [1.165, 1.54) is 6.07 Å². The van der Waals surface area contributed by atoms with E-state index in [-0.39, 0.29) is 22.0 Å². The van der Waals surface area contributed by atoms with Crippen molar-refractivity contribution in [2.45, 2.75) is 26.2 Å². The molecule has 170 valence electrons. The summed E-state index contributed by atoms with van der Waals surface area (Å²) < 4.78 is 31.0. The molecular weight excluding hydrogens is 440 g/mol. The highest BCUT2D eigenvalue weighted by Gasteiger charge is 2.19. The Morgan fingerprint density at radius 1 is 0.939 bits per heavy atom. The second-order valence-corrected chi connectivity index (χ2v) is 10.8. The number of aromatic amines is 1. The Hall–Kier alpha value is -3.65. The third-order valence-electron chi connectivity index (χ3n) is 5.28. The first-order valence-electron chi connectivity index (χ1n) is 10.3. The van der Waals surface area contributed by atoms with Crippen molar-refractivity contribution in [2.75, 3.05) is 11.0 Å². The van der Waals surface area contributed by atoms with Crippen molar-refractivity contribution in [1.29, 1.82) is 0 Å². The highest BCUT2D eigenvalue weighted by molar-refractivity contribution is 7.92. The van der Waals surface area contributed by atoms with Crippen LogP contribution in [0.15, 0.2) is 74.8 Å². The van der Waals surface area contributed by atoms with Gasteiger partial charge in [-0.3, -0.25) is 9.52 Å². The van der Waals surface area contributed by atoms with E-state index < -0.39 is 15.6 Å². The molecule has 2 aromatic carbocycles. The molecule has 0 aliphatic rings. The molecule has 8 heteroatoms. The van der Waals surface area contributed by atoms with Crippen molar-refractivity contribution < 1.29 is 12.8 Å². The first-order chi connectivity index (χ1) is 15.4. The van der Waals surface area contributed by atoms with Crippen LogP contribution in [0.1, 0.15) is 26.3 Å². The molecule has 0 radical (unpaired) electrons. The van der Waals surface area contributed by atoms with Gasteiger partial charge in [0.1, 0.15) is 5.76 Å². The Bertz CT molecular complexity index is 1590. The summed E-state index contributed by atoms with van der Waals surface area (Å²) in [7, 11) is -3.47. The molecule has 4 aromatic rings. The molecule has 0 unspecified atom stereocenters. The minimum atomic E-state index is -3.47. The number of fused-ring (bicyclic) bond motifs is 1. The molecule has 0 aliphatic heterocycles. The van der Waals surface area contributed by atoms with Gasteiger partial charge in [-0.25, -0.2) is 13.2 Å². The number of sulfonamides is 1. The maximum absolute atomic E-state index is 12.8. The smallest absolute Gasteiger partial charge is 0.344 e. The van der Waals surface area contributed by atoms with Gasteiger partial charge < -0.3 is 9.40 Å². The van der Waals surface area contributed by atoms with Crippen molar-refractivity contribution in [3.8, 4) is 22.5 Å². The number of hydrogen-bond donors (Lipinski definition) is 2. The van der Waals surface area contributed by atoms with Crippen LogP contribution < -0.4 is 15.9 Å². The molecule has 2 heterocycles. The predicted molar refractivity (Wildman–Crippen MR) is 131 cm³/mol. The highest BCUT2D eigenvalue weighted by atomic mass is 32.2. The first-order valence-corrected chi connectivity index (χ1v) is 12.2. The minimum Gasteiger partial charge on any atom is -0.422 e. The van der Waals surface area contributed by atoms with Crippen LogP contribution in [0.3, 0.4) is 0 Å². The predicted octanol–water partition coefficient (Wildman–Crippen LogP) is 4.48. The molecule has 0 saturated carbocycles. The Balaban J connectivity index is 1.91. The third kappa shape index (κ3) is 4.90. The van der Waals surface area contributed by atoms with E-state index in [1.54, 1.807) is 36.5 Å². The standard InChI is InChI=1S/C25H24N2O5S/c1-25(2,3)18-11-16(20-6-5-9-26-23(20)28)10-17(12-18)22-13-15-7-8-19(27-33(4,30)31)14-21(15)24(29)32-22/h5-14,27H,1-4H3,(H,26,28). The van der Waals surface area contributed by atoms with Gasteiger partial charge in [0.15, 0.2) is 0 Å². The maximum atomic E-state index is 12.8. The number of nitrogens with one attached hydrogen (secondary N) is 2. The lowest BCUT2D eigenvalue weighted by Gasteiger charge is -2.21. The summed E-state index contributed by atoms with van der Waals surface area (Å²) in [5.41, 5.74) is 2.16. The maximum Gasteiger partial charge on any atom is 0.344 e.